The molecule has 1 N–H and O–H groups in total. The Labute approximate surface area is 132 Å². The smallest absolute Gasteiger partial charge is 0.227 e. The quantitative estimate of drug-likeness (QED) is 0.875. The summed E-state index contributed by atoms with van der Waals surface area (Å²) in [5, 5.41) is 3.04. The van der Waals surface area contributed by atoms with Gasteiger partial charge in [-0.3, -0.25) is 9.59 Å². The lowest BCUT2D eigenvalue weighted by molar-refractivity contribution is -0.122. The van der Waals surface area contributed by atoms with E-state index in [1.165, 1.54) is 0 Å². The molecule has 22 heavy (non-hydrogen) atoms. The highest BCUT2D eigenvalue weighted by Gasteiger charge is 2.22. The minimum atomic E-state index is -0.0442. The van der Waals surface area contributed by atoms with Gasteiger partial charge in [0.1, 0.15) is 0 Å². The molecule has 1 aromatic carbocycles. The number of amides is 2. The van der Waals surface area contributed by atoms with Gasteiger partial charge in [0, 0.05) is 25.1 Å². The van der Waals surface area contributed by atoms with Gasteiger partial charge in [0.05, 0.1) is 6.04 Å². The molecule has 1 unspecified atom stereocenters. The predicted octanol–water partition coefficient (Wildman–Crippen LogP) is 3.43. The maximum absolute atomic E-state index is 11.9. The number of hydrogen-bond acceptors (Lipinski definition) is 2. The van der Waals surface area contributed by atoms with E-state index in [1.54, 1.807) is 0 Å². The third-order valence-corrected chi connectivity index (χ3v) is 4.08. The van der Waals surface area contributed by atoms with E-state index in [4.69, 9.17) is 0 Å². The first-order valence-electron chi connectivity index (χ1n) is 8.17. The van der Waals surface area contributed by atoms with Crippen molar-refractivity contribution in [2.45, 2.75) is 52.5 Å². The summed E-state index contributed by atoms with van der Waals surface area (Å²) in [4.78, 5) is 25.6. The first kappa shape index (κ1) is 16.5. The van der Waals surface area contributed by atoms with E-state index in [-0.39, 0.29) is 17.9 Å². The van der Waals surface area contributed by atoms with Crippen molar-refractivity contribution in [3.63, 3.8) is 0 Å². The maximum atomic E-state index is 11.9. The van der Waals surface area contributed by atoms with Crippen LogP contribution in [0, 0.1) is 5.92 Å². The Kier molecular flexibility index (Phi) is 5.58. The molecule has 0 spiro atoms. The fourth-order valence-electron chi connectivity index (χ4n) is 2.70. The van der Waals surface area contributed by atoms with Crippen molar-refractivity contribution < 1.29 is 9.59 Å². The number of hydrogen-bond donors (Lipinski definition) is 1. The van der Waals surface area contributed by atoms with Crippen LogP contribution in [-0.2, 0) is 9.59 Å². The summed E-state index contributed by atoms with van der Waals surface area (Å²) in [5.74, 6) is 0.806. The van der Waals surface area contributed by atoms with Gasteiger partial charge in [-0.15, -0.1) is 0 Å². The summed E-state index contributed by atoms with van der Waals surface area (Å²) >= 11 is 0. The minimum absolute atomic E-state index is 0.0442. The third kappa shape index (κ3) is 4.33. The lowest BCUT2D eigenvalue weighted by Crippen LogP contribution is -2.27. The van der Waals surface area contributed by atoms with E-state index in [1.807, 2.05) is 36.1 Å². The Bertz CT molecular complexity index is 540. The molecular formula is C18H26N2O2. The lowest BCUT2D eigenvalue weighted by Gasteiger charge is -2.19. The summed E-state index contributed by atoms with van der Waals surface area (Å²) in [6, 6.07) is 7.87. The van der Waals surface area contributed by atoms with Crippen molar-refractivity contribution >= 4 is 17.5 Å². The second kappa shape index (κ2) is 7.43. The summed E-state index contributed by atoms with van der Waals surface area (Å²) in [6.45, 7) is 7.01. The average molecular weight is 302 g/mol. The van der Waals surface area contributed by atoms with Gasteiger partial charge in [-0.05, 0) is 43.4 Å². The summed E-state index contributed by atoms with van der Waals surface area (Å²) in [7, 11) is 0. The highest BCUT2D eigenvalue weighted by Crippen LogP contribution is 2.24. The third-order valence-electron chi connectivity index (χ3n) is 4.08. The van der Waals surface area contributed by atoms with Crippen molar-refractivity contribution in [3.05, 3.63) is 29.8 Å². The van der Waals surface area contributed by atoms with E-state index in [2.05, 4.69) is 19.2 Å². The Balaban J connectivity index is 1.99. The predicted molar refractivity (Wildman–Crippen MR) is 88.7 cm³/mol. The standard InChI is InChI=1S/C18H26N2O2/c1-13(2)9-10-17(21)19-14(3)15-6-4-7-16(12-15)20-11-5-8-18(20)22/h4,6-7,12-14H,5,8-11H2,1-3H3,(H,19,21). The Morgan fingerprint density at radius 2 is 2.09 bits per heavy atom. The molecule has 1 heterocycles. The normalized spacial score (nSPS) is 16.2. The number of rotatable bonds is 6. The van der Waals surface area contributed by atoms with Crippen LogP contribution in [-0.4, -0.2) is 18.4 Å². The summed E-state index contributed by atoms with van der Waals surface area (Å²) in [5.41, 5.74) is 1.97. The van der Waals surface area contributed by atoms with Crippen LogP contribution in [0.25, 0.3) is 0 Å². The minimum Gasteiger partial charge on any atom is -0.350 e. The van der Waals surface area contributed by atoms with Gasteiger partial charge in [0.25, 0.3) is 0 Å². The van der Waals surface area contributed by atoms with E-state index in [0.717, 1.165) is 30.6 Å². The molecule has 4 nitrogen and oxygen atoms in total. The highest BCUT2D eigenvalue weighted by atomic mass is 16.2. The molecule has 0 aliphatic carbocycles. The molecule has 1 aliphatic heterocycles. The number of carbonyl (C=O) groups is 2. The van der Waals surface area contributed by atoms with Gasteiger partial charge < -0.3 is 10.2 Å². The lowest BCUT2D eigenvalue weighted by atomic mass is 10.1. The van der Waals surface area contributed by atoms with E-state index in [9.17, 15) is 9.59 Å². The second-order valence-electron chi connectivity index (χ2n) is 6.47. The molecule has 0 radical (unpaired) electrons. The molecule has 1 aliphatic rings. The van der Waals surface area contributed by atoms with Crippen molar-refractivity contribution in [2.24, 2.45) is 5.92 Å². The zero-order valence-corrected chi connectivity index (χ0v) is 13.8. The molecule has 0 aromatic heterocycles. The molecule has 1 saturated heterocycles. The molecule has 1 atom stereocenters. The van der Waals surface area contributed by atoms with Gasteiger partial charge in [0.2, 0.25) is 11.8 Å². The van der Waals surface area contributed by atoms with E-state index in [0.29, 0.717) is 18.8 Å². The summed E-state index contributed by atoms with van der Waals surface area (Å²) in [6.07, 6.45) is 3.02. The molecular weight excluding hydrogens is 276 g/mol. The van der Waals surface area contributed by atoms with Crippen LogP contribution in [0.2, 0.25) is 0 Å². The molecule has 4 heteroatoms. The van der Waals surface area contributed by atoms with Crippen LogP contribution in [0.3, 0.4) is 0 Å². The van der Waals surface area contributed by atoms with Crippen molar-refractivity contribution in [1.29, 1.82) is 0 Å². The Morgan fingerprint density at radius 1 is 1.32 bits per heavy atom. The zero-order chi connectivity index (χ0) is 16.1. The Hall–Kier alpha value is -1.84. The monoisotopic (exact) mass is 302 g/mol. The van der Waals surface area contributed by atoms with Crippen molar-refractivity contribution in [1.82, 2.24) is 5.32 Å². The van der Waals surface area contributed by atoms with Crippen LogP contribution >= 0.6 is 0 Å². The molecule has 1 aromatic rings. The average Bonchev–Trinajstić information content (AvgIpc) is 2.91. The molecule has 2 rings (SSSR count). The first-order chi connectivity index (χ1) is 10.5. The number of benzene rings is 1. The fourth-order valence-corrected chi connectivity index (χ4v) is 2.70. The van der Waals surface area contributed by atoms with Crippen LogP contribution in [0.15, 0.2) is 24.3 Å². The van der Waals surface area contributed by atoms with Gasteiger partial charge in [-0.1, -0.05) is 26.0 Å². The molecule has 0 bridgehead atoms. The zero-order valence-electron chi connectivity index (χ0n) is 13.8. The van der Waals surface area contributed by atoms with E-state index < -0.39 is 0 Å². The van der Waals surface area contributed by atoms with Gasteiger partial charge in [-0.25, -0.2) is 0 Å². The van der Waals surface area contributed by atoms with Gasteiger partial charge >= 0.3 is 0 Å². The number of anilines is 1. The van der Waals surface area contributed by atoms with Crippen LogP contribution < -0.4 is 10.2 Å². The van der Waals surface area contributed by atoms with Gasteiger partial charge in [0.15, 0.2) is 0 Å². The molecule has 2 amide bonds. The maximum Gasteiger partial charge on any atom is 0.227 e. The highest BCUT2D eigenvalue weighted by molar-refractivity contribution is 5.95. The van der Waals surface area contributed by atoms with Gasteiger partial charge in [-0.2, -0.15) is 0 Å². The second-order valence-corrected chi connectivity index (χ2v) is 6.47. The summed E-state index contributed by atoms with van der Waals surface area (Å²) < 4.78 is 0. The topological polar surface area (TPSA) is 49.4 Å². The number of nitrogens with zero attached hydrogens (tertiary/aromatic N) is 1. The van der Waals surface area contributed by atoms with Crippen molar-refractivity contribution in [3.8, 4) is 0 Å². The SMILES string of the molecule is CC(C)CCC(=O)NC(C)c1cccc(N2CCCC2=O)c1. The van der Waals surface area contributed by atoms with Crippen LogP contribution in [0.1, 0.15) is 58.1 Å². The van der Waals surface area contributed by atoms with Crippen molar-refractivity contribution in [2.75, 3.05) is 11.4 Å². The number of nitrogens with one attached hydrogen (secondary N) is 1. The first-order valence-corrected chi connectivity index (χ1v) is 8.17. The van der Waals surface area contributed by atoms with Crippen LogP contribution in [0.4, 0.5) is 5.69 Å². The Morgan fingerprint density at radius 3 is 2.73 bits per heavy atom. The van der Waals surface area contributed by atoms with Crippen LogP contribution in [0.5, 0.6) is 0 Å². The largest absolute Gasteiger partial charge is 0.350 e. The molecule has 1 fully saturated rings. The number of carbonyl (C=O) groups excluding carboxylic acids is 2. The molecule has 120 valence electrons. The fraction of sp³-hybridized carbons (Fsp3) is 0.556. The van der Waals surface area contributed by atoms with E-state index >= 15 is 0 Å². The molecule has 0 saturated carbocycles.